The highest BCUT2D eigenvalue weighted by Gasteiger charge is 2.32. The minimum atomic E-state index is -0.351. The summed E-state index contributed by atoms with van der Waals surface area (Å²) in [5.41, 5.74) is 0.738. The molecule has 0 spiro atoms. The molecule has 0 fully saturated rings. The molecule has 1 atom stereocenters. The summed E-state index contributed by atoms with van der Waals surface area (Å²) in [7, 11) is 1.65. The number of carbonyl (C=O) groups excluding carboxylic acids is 1. The zero-order chi connectivity index (χ0) is 12.9. The largest absolute Gasteiger partial charge is 0.497 e. The number of ketones is 1. The molecule has 1 rings (SSSR count). The second-order valence-corrected chi connectivity index (χ2v) is 4.59. The fourth-order valence-electron chi connectivity index (χ4n) is 2.29. The molecule has 0 N–H and O–H groups in total. The molecule has 1 aromatic carbocycles. The van der Waals surface area contributed by atoms with Crippen molar-refractivity contribution in [1.29, 1.82) is 0 Å². The Balaban J connectivity index is 3.08. The summed E-state index contributed by atoms with van der Waals surface area (Å²) in [5.74, 6) is 1.14. The van der Waals surface area contributed by atoms with Gasteiger partial charge in [-0.3, -0.25) is 4.79 Å². The molecular weight excluding hydrogens is 212 g/mol. The maximum Gasteiger partial charge on any atom is 0.142 e. The normalized spacial score (nSPS) is 14.1. The number of hydrogen-bond donors (Lipinski definition) is 0. The van der Waals surface area contributed by atoms with Gasteiger partial charge in [-0.2, -0.15) is 0 Å². The highest BCUT2D eigenvalue weighted by atomic mass is 16.5. The number of rotatable bonds is 6. The first-order valence-corrected chi connectivity index (χ1v) is 6.26. The van der Waals surface area contributed by atoms with Crippen molar-refractivity contribution >= 4 is 5.78 Å². The molecule has 0 amide bonds. The van der Waals surface area contributed by atoms with Crippen LogP contribution in [0, 0.1) is 0 Å². The lowest BCUT2D eigenvalue weighted by atomic mass is 9.74. The van der Waals surface area contributed by atoms with Gasteiger partial charge in [0.2, 0.25) is 0 Å². The average molecular weight is 234 g/mol. The number of benzene rings is 1. The van der Waals surface area contributed by atoms with E-state index in [4.69, 9.17) is 4.74 Å². The molecule has 0 bridgehead atoms. The Hall–Kier alpha value is -1.31. The standard InChI is InChI=1S/C15H22O2/c1-5-11-15(3,14(16)6-2)12-7-9-13(17-4)10-8-12/h7-10H,5-6,11H2,1-4H3/t15-/m1/s1. The third-order valence-corrected chi connectivity index (χ3v) is 3.41. The number of ether oxygens (including phenoxy) is 1. The lowest BCUT2D eigenvalue weighted by Crippen LogP contribution is -2.31. The van der Waals surface area contributed by atoms with Gasteiger partial charge in [0.15, 0.2) is 0 Å². The van der Waals surface area contributed by atoms with E-state index in [0.717, 1.165) is 24.2 Å². The second kappa shape index (κ2) is 5.85. The first-order valence-electron chi connectivity index (χ1n) is 6.26. The summed E-state index contributed by atoms with van der Waals surface area (Å²) in [5, 5.41) is 0. The molecule has 0 radical (unpaired) electrons. The third kappa shape index (κ3) is 2.87. The highest BCUT2D eigenvalue weighted by Crippen LogP contribution is 2.32. The Morgan fingerprint density at radius 3 is 2.24 bits per heavy atom. The van der Waals surface area contributed by atoms with Crippen LogP contribution < -0.4 is 4.74 Å². The topological polar surface area (TPSA) is 26.3 Å². The highest BCUT2D eigenvalue weighted by molar-refractivity contribution is 5.89. The van der Waals surface area contributed by atoms with Crippen LogP contribution >= 0.6 is 0 Å². The van der Waals surface area contributed by atoms with Gasteiger partial charge < -0.3 is 4.74 Å². The molecule has 17 heavy (non-hydrogen) atoms. The molecule has 0 aliphatic heterocycles. The quantitative estimate of drug-likeness (QED) is 0.749. The van der Waals surface area contributed by atoms with Crippen LogP contribution in [0.4, 0.5) is 0 Å². The van der Waals surface area contributed by atoms with Gasteiger partial charge in [-0.15, -0.1) is 0 Å². The Morgan fingerprint density at radius 2 is 1.82 bits per heavy atom. The van der Waals surface area contributed by atoms with Crippen molar-refractivity contribution < 1.29 is 9.53 Å². The number of carbonyl (C=O) groups is 1. The summed E-state index contributed by atoms with van der Waals surface area (Å²) in [4.78, 5) is 12.1. The van der Waals surface area contributed by atoms with Crippen LogP contribution in [0.15, 0.2) is 24.3 Å². The van der Waals surface area contributed by atoms with Crippen LogP contribution in [0.25, 0.3) is 0 Å². The van der Waals surface area contributed by atoms with Crippen LogP contribution in [0.1, 0.15) is 45.6 Å². The molecule has 0 heterocycles. The average Bonchev–Trinajstić information content (AvgIpc) is 2.38. The van der Waals surface area contributed by atoms with E-state index in [0.29, 0.717) is 12.2 Å². The summed E-state index contributed by atoms with van der Waals surface area (Å²) < 4.78 is 5.14. The van der Waals surface area contributed by atoms with Gasteiger partial charge in [-0.1, -0.05) is 32.4 Å². The SMILES string of the molecule is CCC[C@@](C)(C(=O)CC)c1ccc(OC)cc1. The maximum absolute atomic E-state index is 12.1. The molecule has 2 heteroatoms. The summed E-state index contributed by atoms with van der Waals surface area (Å²) in [6.07, 6.45) is 2.49. The Kier molecular flexibility index (Phi) is 4.73. The molecular formula is C15H22O2. The Bertz CT molecular complexity index is 367. The van der Waals surface area contributed by atoms with Crippen LogP contribution in [0.2, 0.25) is 0 Å². The lowest BCUT2D eigenvalue weighted by molar-refractivity contribution is -0.124. The van der Waals surface area contributed by atoms with Crippen molar-refractivity contribution in [2.75, 3.05) is 7.11 Å². The van der Waals surface area contributed by atoms with Crippen LogP contribution in [0.5, 0.6) is 5.75 Å². The Morgan fingerprint density at radius 1 is 1.24 bits per heavy atom. The van der Waals surface area contributed by atoms with Crippen molar-refractivity contribution in [3.8, 4) is 5.75 Å². The van der Waals surface area contributed by atoms with E-state index in [9.17, 15) is 4.79 Å². The fourth-order valence-corrected chi connectivity index (χ4v) is 2.29. The summed E-state index contributed by atoms with van der Waals surface area (Å²) in [6.45, 7) is 6.09. The van der Waals surface area contributed by atoms with Crippen LogP contribution in [0.3, 0.4) is 0 Å². The van der Waals surface area contributed by atoms with Crippen molar-refractivity contribution in [3.05, 3.63) is 29.8 Å². The van der Waals surface area contributed by atoms with E-state index >= 15 is 0 Å². The molecule has 0 aromatic heterocycles. The van der Waals surface area contributed by atoms with Gasteiger partial charge in [-0.25, -0.2) is 0 Å². The zero-order valence-electron chi connectivity index (χ0n) is 11.2. The molecule has 0 aliphatic rings. The van der Waals surface area contributed by atoms with E-state index in [-0.39, 0.29) is 5.41 Å². The molecule has 0 saturated carbocycles. The molecule has 0 aliphatic carbocycles. The molecule has 0 saturated heterocycles. The molecule has 2 nitrogen and oxygen atoms in total. The van der Waals surface area contributed by atoms with Crippen molar-refractivity contribution in [3.63, 3.8) is 0 Å². The predicted octanol–water partition coefficient (Wildman–Crippen LogP) is 3.73. The van der Waals surface area contributed by atoms with Gasteiger partial charge in [0.05, 0.1) is 12.5 Å². The zero-order valence-corrected chi connectivity index (χ0v) is 11.2. The maximum atomic E-state index is 12.1. The lowest BCUT2D eigenvalue weighted by Gasteiger charge is -2.28. The van der Waals surface area contributed by atoms with Crippen LogP contribution in [-0.2, 0) is 10.2 Å². The minimum absolute atomic E-state index is 0.310. The third-order valence-electron chi connectivity index (χ3n) is 3.41. The van der Waals surface area contributed by atoms with Gasteiger partial charge in [0.25, 0.3) is 0 Å². The van der Waals surface area contributed by atoms with Crippen molar-refractivity contribution in [1.82, 2.24) is 0 Å². The molecule has 94 valence electrons. The summed E-state index contributed by atoms with van der Waals surface area (Å²) >= 11 is 0. The van der Waals surface area contributed by atoms with E-state index in [1.807, 2.05) is 38.1 Å². The smallest absolute Gasteiger partial charge is 0.142 e. The molecule has 0 unspecified atom stereocenters. The van der Waals surface area contributed by atoms with E-state index in [1.54, 1.807) is 7.11 Å². The van der Waals surface area contributed by atoms with Gasteiger partial charge in [0.1, 0.15) is 11.5 Å². The van der Waals surface area contributed by atoms with Crippen molar-refractivity contribution in [2.24, 2.45) is 0 Å². The van der Waals surface area contributed by atoms with Crippen molar-refractivity contribution in [2.45, 2.75) is 45.4 Å². The van der Waals surface area contributed by atoms with Gasteiger partial charge >= 0.3 is 0 Å². The first-order chi connectivity index (χ1) is 8.08. The number of methoxy groups -OCH3 is 1. The van der Waals surface area contributed by atoms with E-state index in [1.165, 1.54) is 0 Å². The predicted molar refractivity (Wildman–Crippen MR) is 70.6 cm³/mol. The number of Topliss-reactive ketones (excluding diaryl/α,β-unsaturated/α-hetero) is 1. The Labute approximate surface area is 104 Å². The first kappa shape index (κ1) is 13.8. The number of hydrogen-bond acceptors (Lipinski definition) is 2. The van der Waals surface area contributed by atoms with Gasteiger partial charge in [-0.05, 0) is 31.0 Å². The fraction of sp³-hybridized carbons (Fsp3) is 0.533. The van der Waals surface area contributed by atoms with Gasteiger partial charge in [0, 0.05) is 6.42 Å². The summed E-state index contributed by atoms with van der Waals surface area (Å²) in [6, 6.07) is 7.85. The minimum Gasteiger partial charge on any atom is -0.497 e. The molecule has 1 aromatic rings. The monoisotopic (exact) mass is 234 g/mol. The van der Waals surface area contributed by atoms with E-state index < -0.39 is 0 Å². The van der Waals surface area contributed by atoms with E-state index in [2.05, 4.69) is 6.92 Å². The second-order valence-electron chi connectivity index (χ2n) is 4.59. The van der Waals surface area contributed by atoms with Crippen LogP contribution in [-0.4, -0.2) is 12.9 Å².